The van der Waals surface area contributed by atoms with Crippen LogP contribution in [0.5, 0.6) is 5.75 Å². The second kappa shape index (κ2) is 7.37. The lowest BCUT2D eigenvalue weighted by molar-refractivity contribution is 0.102. The van der Waals surface area contributed by atoms with Crippen LogP contribution in [-0.4, -0.2) is 23.0 Å². The van der Waals surface area contributed by atoms with Gasteiger partial charge in [-0.3, -0.25) is 9.78 Å². The van der Waals surface area contributed by atoms with Crippen molar-refractivity contribution in [2.75, 3.05) is 12.4 Å². The molecule has 0 fully saturated rings. The highest BCUT2D eigenvalue weighted by Crippen LogP contribution is 2.25. The van der Waals surface area contributed by atoms with Crippen LogP contribution in [0.4, 0.5) is 5.69 Å². The summed E-state index contributed by atoms with van der Waals surface area (Å²) in [5.74, 6) is 0.496. The summed E-state index contributed by atoms with van der Waals surface area (Å²) >= 11 is 0. The molecular weight excluding hydrogens is 302 g/mol. The number of ether oxygens (including phenoxy) is 1. The monoisotopic (exact) mass is 319 g/mol. The fourth-order valence-corrected chi connectivity index (χ4v) is 2.42. The third kappa shape index (κ3) is 3.76. The van der Waals surface area contributed by atoms with Crippen LogP contribution in [0.2, 0.25) is 0 Å². The second-order valence-corrected chi connectivity index (χ2v) is 5.23. The van der Waals surface area contributed by atoms with Gasteiger partial charge in [0.05, 0.1) is 13.3 Å². The van der Waals surface area contributed by atoms with Crippen LogP contribution < -0.4 is 10.1 Å². The average Bonchev–Trinajstić information content (AvgIpc) is 2.63. The molecule has 1 aromatic heterocycles. The Balaban J connectivity index is 1.82. The molecule has 0 spiro atoms. The highest BCUT2D eigenvalue weighted by Gasteiger charge is 2.10. The number of methoxy groups -OCH3 is 1. The van der Waals surface area contributed by atoms with Gasteiger partial charge in [0.15, 0.2) is 0 Å². The molecule has 1 N–H and O–H groups in total. The lowest BCUT2D eigenvalue weighted by Gasteiger charge is -2.12. The van der Waals surface area contributed by atoms with Crippen molar-refractivity contribution in [3.63, 3.8) is 0 Å². The summed E-state index contributed by atoms with van der Waals surface area (Å²) < 4.78 is 5.43. The van der Waals surface area contributed by atoms with Crippen molar-refractivity contribution < 1.29 is 9.53 Å². The van der Waals surface area contributed by atoms with Crippen LogP contribution in [0.25, 0.3) is 0 Å². The minimum absolute atomic E-state index is 0.276. The number of hydrogen-bond acceptors (Lipinski definition) is 4. The molecule has 3 aromatic rings. The van der Waals surface area contributed by atoms with E-state index in [-0.39, 0.29) is 11.6 Å². The highest BCUT2D eigenvalue weighted by molar-refractivity contribution is 6.02. The number of amides is 1. The highest BCUT2D eigenvalue weighted by atomic mass is 16.5. The SMILES string of the molecule is COc1ccc(NC(=O)c2cnccn2)cc1Cc1ccccc1. The van der Waals surface area contributed by atoms with Crippen molar-refractivity contribution in [3.8, 4) is 5.75 Å². The van der Waals surface area contributed by atoms with Crippen LogP contribution in [0.15, 0.2) is 67.1 Å². The summed E-state index contributed by atoms with van der Waals surface area (Å²) in [5, 5.41) is 2.84. The van der Waals surface area contributed by atoms with Gasteiger partial charge in [0.1, 0.15) is 11.4 Å². The number of benzene rings is 2. The second-order valence-electron chi connectivity index (χ2n) is 5.23. The van der Waals surface area contributed by atoms with Crippen LogP contribution in [0, 0.1) is 0 Å². The third-order valence-corrected chi connectivity index (χ3v) is 3.57. The van der Waals surface area contributed by atoms with Crippen LogP contribution in [0.1, 0.15) is 21.6 Å². The molecule has 0 unspecified atom stereocenters. The lowest BCUT2D eigenvalue weighted by atomic mass is 10.0. The van der Waals surface area contributed by atoms with E-state index in [1.165, 1.54) is 24.2 Å². The van der Waals surface area contributed by atoms with Crippen molar-refractivity contribution in [2.24, 2.45) is 0 Å². The van der Waals surface area contributed by atoms with E-state index >= 15 is 0 Å². The number of anilines is 1. The van der Waals surface area contributed by atoms with E-state index in [9.17, 15) is 4.79 Å². The molecule has 1 heterocycles. The molecule has 0 aliphatic carbocycles. The molecule has 0 radical (unpaired) electrons. The fraction of sp³-hybridized carbons (Fsp3) is 0.105. The number of nitrogens with zero attached hydrogens (tertiary/aromatic N) is 2. The Hall–Kier alpha value is -3.21. The number of hydrogen-bond donors (Lipinski definition) is 1. The molecule has 0 bridgehead atoms. The normalized spacial score (nSPS) is 10.2. The molecule has 5 heteroatoms. The maximum absolute atomic E-state index is 12.2. The number of aromatic nitrogens is 2. The zero-order chi connectivity index (χ0) is 16.8. The van der Waals surface area contributed by atoms with E-state index in [1.54, 1.807) is 7.11 Å². The number of carbonyl (C=O) groups excluding carboxylic acids is 1. The first kappa shape index (κ1) is 15.7. The molecule has 3 rings (SSSR count). The van der Waals surface area contributed by atoms with Crippen molar-refractivity contribution in [1.29, 1.82) is 0 Å². The summed E-state index contributed by atoms with van der Waals surface area (Å²) in [6.07, 6.45) is 5.18. The molecule has 0 atom stereocenters. The topological polar surface area (TPSA) is 64.1 Å². The number of nitrogens with one attached hydrogen (secondary N) is 1. The van der Waals surface area contributed by atoms with E-state index in [2.05, 4.69) is 27.4 Å². The summed E-state index contributed by atoms with van der Waals surface area (Å²) in [6, 6.07) is 15.7. The minimum atomic E-state index is -0.293. The third-order valence-electron chi connectivity index (χ3n) is 3.57. The van der Waals surface area contributed by atoms with Gasteiger partial charge in [-0.15, -0.1) is 0 Å². The predicted molar refractivity (Wildman–Crippen MR) is 92.2 cm³/mol. The quantitative estimate of drug-likeness (QED) is 0.783. The first-order valence-electron chi connectivity index (χ1n) is 7.54. The van der Waals surface area contributed by atoms with Crippen LogP contribution in [-0.2, 0) is 6.42 Å². The van der Waals surface area contributed by atoms with Crippen molar-refractivity contribution >= 4 is 11.6 Å². The standard InChI is InChI=1S/C19H17N3O2/c1-24-18-8-7-16(22-19(23)17-13-20-9-10-21-17)12-15(18)11-14-5-3-2-4-6-14/h2-10,12-13H,11H2,1H3,(H,22,23). The Morgan fingerprint density at radius 3 is 2.67 bits per heavy atom. The van der Waals surface area contributed by atoms with E-state index in [0.717, 1.165) is 17.7 Å². The number of rotatable bonds is 5. The minimum Gasteiger partial charge on any atom is -0.496 e. The van der Waals surface area contributed by atoms with Gasteiger partial charge in [-0.25, -0.2) is 4.98 Å². The van der Waals surface area contributed by atoms with E-state index in [4.69, 9.17) is 4.74 Å². The van der Waals surface area contributed by atoms with Gasteiger partial charge in [0.25, 0.3) is 5.91 Å². The van der Waals surface area contributed by atoms with Gasteiger partial charge in [-0.2, -0.15) is 0 Å². The van der Waals surface area contributed by atoms with Gasteiger partial charge in [0, 0.05) is 30.1 Å². The van der Waals surface area contributed by atoms with Crippen LogP contribution >= 0.6 is 0 Å². The van der Waals surface area contributed by atoms with Gasteiger partial charge in [-0.05, 0) is 23.8 Å². The lowest BCUT2D eigenvalue weighted by Crippen LogP contribution is -2.14. The molecule has 0 aliphatic rings. The molecular formula is C19H17N3O2. The van der Waals surface area contributed by atoms with Crippen molar-refractivity contribution in [1.82, 2.24) is 9.97 Å². The molecule has 2 aromatic carbocycles. The molecule has 0 aliphatic heterocycles. The molecule has 1 amide bonds. The summed E-state index contributed by atoms with van der Waals surface area (Å²) in [7, 11) is 1.64. The maximum Gasteiger partial charge on any atom is 0.275 e. The Morgan fingerprint density at radius 1 is 1.12 bits per heavy atom. The predicted octanol–water partition coefficient (Wildman–Crippen LogP) is 3.33. The number of carbonyl (C=O) groups is 1. The average molecular weight is 319 g/mol. The first-order chi connectivity index (χ1) is 11.8. The zero-order valence-corrected chi connectivity index (χ0v) is 13.3. The maximum atomic E-state index is 12.2. The largest absolute Gasteiger partial charge is 0.496 e. The Morgan fingerprint density at radius 2 is 1.96 bits per heavy atom. The zero-order valence-electron chi connectivity index (χ0n) is 13.3. The van der Waals surface area contributed by atoms with Gasteiger partial charge >= 0.3 is 0 Å². The van der Waals surface area contributed by atoms with Gasteiger partial charge in [-0.1, -0.05) is 30.3 Å². The molecule has 120 valence electrons. The first-order valence-corrected chi connectivity index (χ1v) is 7.54. The molecule has 0 saturated heterocycles. The summed E-state index contributed by atoms with van der Waals surface area (Å²) in [4.78, 5) is 20.1. The fourth-order valence-electron chi connectivity index (χ4n) is 2.42. The van der Waals surface area contributed by atoms with Gasteiger partial charge in [0.2, 0.25) is 0 Å². The Kier molecular flexibility index (Phi) is 4.81. The Bertz CT molecular complexity index is 821. The van der Waals surface area contributed by atoms with Crippen LogP contribution in [0.3, 0.4) is 0 Å². The Labute approximate surface area is 140 Å². The smallest absolute Gasteiger partial charge is 0.275 e. The van der Waals surface area contributed by atoms with E-state index in [1.807, 2.05) is 36.4 Å². The summed E-state index contributed by atoms with van der Waals surface area (Å²) in [6.45, 7) is 0. The van der Waals surface area contributed by atoms with Gasteiger partial charge < -0.3 is 10.1 Å². The van der Waals surface area contributed by atoms with Crippen molar-refractivity contribution in [3.05, 3.63) is 83.9 Å². The summed E-state index contributed by atoms with van der Waals surface area (Å²) in [5.41, 5.74) is 3.14. The molecule has 24 heavy (non-hydrogen) atoms. The van der Waals surface area contributed by atoms with Crippen molar-refractivity contribution in [2.45, 2.75) is 6.42 Å². The molecule has 5 nitrogen and oxygen atoms in total. The molecule has 0 saturated carbocycles. The van der Waals surface area contributed by atoms with E-state index in [0.29, 0.717) is 5.69 Å². The van der Waals surface area contributed by atoms with E-state index < -0.39 is 0 Å².